The van der Waals surface area contributed by atoms with Crippen molar-refractivity contribution in [1.29, 1.82) is 0 Å². The zero-order valence-corrected chi connectivity index (χ0v) is 15.9. The van der Waals surface area contributed by atoms with E-state index in [1.807, 2.05) is 42.5 Å². The van der Waals surface area contributed by atoms with Gasteiger partial charge in [0.15, 0.2) is 6.61 Å². The van der Waals surface area contributed by atoms with Gasteiger partial charge in [-0.25, -0.2) is 4.79 Å². The van der Waals surface area contributed by atoms with E-state index >= 15 is 0 Å². The Hall–Kier alpha value is -2.95. The number of carbonyl (C=O) groups excluding carboxylic acids is 3. The quantitative estimate of drug-likeness (QED) is 0.778. The number of carbonyl (C=O) groups is 3. The summed E-state index contributed by atoms with van der Waals surface area (Å²) in [5, 5.41) is 2.36. The molecule has 3 rings (SSSR count). The van der Waals surface area contributed by atoms with Gasteiger partial charge in [-0.1, -0.05) is 67.8 Å². The summed E-state index contributed by atoms with van der Waals surface area (Å²) in [7, 11) is 0. The van der Waals surface area contributed by atoms with Gasteiger partial charge in [0.25, 0.3) is 5.91 Å². The van der Waals surface area contributed by atoms with Crippen molar-refractivity contribution in [2.75, 3.05) is 6.61 Å². The molecule has 0 bridgehead atoms. The number of hydrogen-bond donors (Lipinski definition) is 1. The van der Waals surface area contributed by atoms with E-state index in [0.717, 1.165) is 43.2 Å². The van der Waals surface area contributed by atoms with Crippen LogP contribution in [0.25, 0.3) is 0 Å². The van der Waals surface area contributed by atoms with Crippen LogP contribution in [0.5, 0.6) is 0 Å². The molecule has 1 aliphatic rings. The van der Waals surface area contributed by atoms with Crippen LogP contribution in [-0.2, 0) is 20.7 Å². The van der Waals surface area contributed by atoms with Gasteiger partial charge in [-0.05, 0) is 36.5 Å². The van der Waals surface area contributed by atoms with Crippen molar-refractivity contribution in [3.05, 3.63) is 71.3 Å². The highest BCUT2D eigenvalue weighted by Gasteiger charge is 2.23. The average Bonchev–Trinajstić information content (AvgIpc) is 2.74. The smallest absolute Gasteiger partial charge is 0.338 e. The predicted molar refractivity (Wildman–Crippen MR) is 106 cm³/mol. The molecule has 2 aromatic carbocycles. The first-order chi connectivity index (χ1) is 13.6. The fraction of sp³-hybridized carbons (Fsp3) is 0.348. The molecular formula is C23H25NO4. The highest BCUT2D eigenvalue weighted by Crippen LogP contribution is 2.23. The van der Waals surface area contributed by atoms with Crippen LogP contribution in [0.3, 0.4) is 0 Å². The normalized spacial score (nSPS) is 14.3. The first-order valence-electron chi connectivity index (χ1n) is 9.76. The summed E-state index contributed by atoms with van der Waals surface area (Å²) in [6.07, 6.45) is 5.38. The maximum atomic E-state index is 12.5. The van der Waals surface area contributed by atoms with Crippen LogP contribution in [0.15, 0.2) is 54.6 Å². The van der Waals surface area contributed by atoms with E-state index < -0.39 is 18.5 Å². The second-order valence-corrected chi connectivity index (χ2v) is 7.14. The third-order valence-electron chi connectivity index (χ3n) is 5.05. The highest BCUT2D eigenvalue weighted by atomic mass is 16.5. The minimum absolute atomic E-state index is 0.111. The van der Waals surface area contributed by atoms with Crippen molar-refractivity contribution in [3.8, 4) is 0 Å². The Labute approximate surface area is 165 Å². The number of hydrogen-bond acceptors (Lipinski definition) is 4. The molecule has 1 N–H and O–H groups in total. The molecule has 0 atom stereocenters. The van der Waals surface area contributed by atoms with Gasteiger partial charge in [0.05, 0.1) is 5.56 Å². The lowest BCUT2D eigenvalue weighted by molar-refractivity contribution is -0.135. The maximum absolute atomic E-state index is 12.5. The molecule has 0 radical (unpaired) electrons. The number of rotatable bonds is 6. The van der Waals surface area contributed by atoms with Crippen molar-refractivity contribution in [2.45, 2.75) is 38.5 Å². The average molecular weight is 379 g/mol. The van der Waals surface area contributed by atoms with Crippen molar-refractivity contribution in [1.82, 2.24) is 5.32 Å². The van der Waals surface area contributed by atoms with E-state index in [1.165, 1.54) is 0 Å². The summed E-state index contributed by atoms with van der Waals surface area (Å²) in [6, 6.07) is 17.0. The van der Waals surface area contributed by atoms with Gasteiger partial charge in [-0.2, -0.15) is 0 Å². The number of amides is 2. The van der Waals surface area contributed by atoms with Crippen LogP contribution in [0.4, 0.5) is 0 Å². The molecule has 146 valence electrons. The third-order valence-corrected chi connectivity index (χ3v) is 5.05. The minimum atomic E-state index is -0.579. The molecule has 5 heteroatoms. The summed E-state index contributed by atoms with van der Waals surface area (Å²) >= 11 is 0. The van der Waals surface area contributed by atoms with Crippen LogP contribution in [0, 0.1) is 5.92 Å². The van der Waals surface area contributed by atoms with Crippen molar-refractivity contribution >= 4 is 17.8 Å². The standard InChI is InChI=1S/C23H25NO4/c25-21(24-22(26)18-11-5-2-6-12-18)16-28-23(27)20-14-8-7-13-19(20)15-17-9-3-1-4-10-17/h1,3-4,7-10,13-14,18H,2,5-6,11-12,15-16H2,(H,24,25,26). The molecule has 28 heavy (non-hydrogen) atoms. The third kappa shape index (κ3) is 5.52. The van der Waals surface area contributed by atoms with Crippen LogP contribution < -0.4 is 5.32 Å². The monoisotopic (exact) mass is 379 g/mol. The first-order valence-corrected chi connectivity index (χ1v) is 9.76. The van der Waals surface area contributed by atoms with Crippen molar-refractivity contribution in [3.63, 3.8) is 0 Å². The van der Waals surface area contributed by atoms with Gasteiger partial charge in [-0.3, -0.25) is 14.9 Å². The Kier molecular flexibility index (Phi) is 6.95. The molecule has 0 heterocycles. The number of benzene rings is 2. The predicted octanol–water partition coefficient (Wildman–Crippen LogP) is 3.66. The van der Waals surface area contributed by atoms with E-state index in [2.05, 4.69) is 5.32 Å². The van der Waals surface area contributed by atoms with Crippen LogP contribution in [0.2, 0.25) is 0 Å². The van der Waals surface area contributed by atoms with Crippen molar-refractivity contribution in [2.24, 2.45) is 5.92 Å². The largest absolute Gasteiger partial charge is 0.452 e. The second kappa shape index (κ2) is 9.83. The van der Waals surface area contributed by atoms with Gasteiger partial charge >= 0.3 is 5.97 Å². The molecule has 0 unspecified atom stereocenters. The Bertz CT molecular complexity index is 826. The van der Waals surface area contributed by atoms with Gasteiger partial charge in [0.2, 0.25) is 5.91 Å². The van der Waals surface area contributed by atoms with Gasteiger partial charge in [-0.15, -0.1) is 0 Å². The Balaban J connectivity index is 1.54. The van der Waals surface area contributed by atoms with Crippen LogP contribution >= 0.6 is 0 Å². The highest BCUT2D eigenvalue weighted by molar-refractivity contribution is 5.98. The molecule has 0 spiro atoms. The number of nitrogens with one attached hydrogen (secondary N) is 1. The topological polar surface area (TPSA) is 72.5 Å². The fourth-order valence-electron chi connectivity index (χ4n) is 3.54. The summed E-state index contributed by atoms with van der Waals surface area (Å²) in [5.41, 5.74) is 2.34. The van der Waals surface area contributed by atoms with E-state index in [9.17, 15) is 14.4 Å². The molecule has 2 amide bonds. The number of ether oxygens (including phenoxy) is 1. The molecule has 1 aliphatic carbocycles. The molecule has 0 aromatic heterocycles. The SMILES string of the molecule is O=C(COC(=O)c1ccccc1Cc1ccccc1)NC(=O)C1CCCCC1. The summed E-state index contributed by atoms with van der Waals surface area (Å²) in [4.78, 5) is 36.6. The zero-order chi connectivity index (χ0) is 19.8. The van der Waals surface area contributed by atoms with E-state index in [-0.39, 0.29) is 11.8 Å². The van der Waals surface area contributed by atoms with Crippen molar-refractivity contribution < 1.29 is 19.1 Å². The van der Waals surface area contributed by atoms with E-state index in [4.69, 9.17) is 4.74 Å². The molecule has 1 saturated carbocycles. The molecule has 2 aromatic rings. The fourth-order valence-corrected chi connectivity index (χ4v) is 3.54. The molecule has 1 fully saturated rings. The molecular weight excluding hydrogens is 354 g/mol. The second-order valence-electron chi connectivity index (χ2n) is 7.14. The summed E-state index contributed by atoms with van der Waals surface area (Å²) in [6.45, 7) is -0.461. The van der Waals surface area contributed by atoms with Gasteiger partial charge in [0, 0.05) is 5.92 Å². The minimum Gasteiger partial charge on any atom is -0.452 e. The maximum Gasteiger partial charge on any atom is 0.338 e. The Morgan fingerprint density at radius 3 is 2.32 bits per heavy atom. The van der Waals surface area contributed by atoms with Gasteiger partial charge in [0.1, 0.15) is 0 Å². The van der Waals surface area contributed by atoms with E-state index in [0.29, 0.717) is 12.0 Å². The Morgan fingerprint density at radius 1 is 0.893 bits per heavy atom. The summed E-state index contributed by atoms with van der Waals surface area (Å²) in [5.74, 6) is -1.51. The number of esters is 1. The zero-order valence-electron chi connectivity index (χ0n) is 15.9. The lowest BCUT2D eigenvalue weighted by Gasteiger charge is -2.20. The van der Waals surface area contributed by atoms with Crippen LogP contribution in [0.1, 0.15) is 53.6 Å². The molecule has 0 aliphatic heterocycles. The number of imide groups is 1. The summed E-state index contributed by atoms with van der Waals surface area (Å²) < 4.78 is 5.15. The van der Waals surface area contributed by atoms with E-state index in [1.54, 1.807) is 12.1 Å². The van der Waals surface area contributed by atoms with Gasteiger partial charge < -0.3 is 4.74 Å². The first kappa shape index (κ1) is 19.8. The lowest BCUT2D eigenvalue weighted by Crippen LogP contribution is -2.38. The van der Waals surface area contributed by atoms with Crippen LogP contribution in [-0.4, -0.2) is 24.4 Å². The lowest BCUT2D eigenvalue weighted by atomic mass is 9.89. The Morgan fingerprint density at radius 2 is 1.57 bits per heavy atom. The molecule has 5 nitrogen and oxygen atoms in total. The molecule has 0 saturated heterocycles.